The first-order chi connectivity index (χ1) is 15.3. The zero-order valence-electron chi connectivity index (χ0n) is 16.7. The van der Waals surface area contributed by atoms with Crippen molar-refractivity contribution >= 4 is 32.7 Å². The summed E-state index contributed by atoms with van der Waals surface area (Å²) in [5, 5.41) is 13.6. The Kier molecular flexibility index (Phi) is 3.88. The van der Waals surface area contributed by atoms with Crippen molar-refractivity contribution in [2.24, 2.45) is 0 Å². The summed E-state index contributed by atoms with van der Waals surface area (Å²) in [4.78, 5) is 0. The predicted octanol–water partition coefficient (Wildman–Crippen LogP) is 7.94. The molecule has 2 nitrogen and oxygen atoms in total. The molecule has 0 radical (unpaired) electrons. The highest BCUT2D eigenvalue weighted by Crippen LogP contribution is 2.39. The Morgan fingerprint density at radius 1 is 0.548 bits per heavy atom. The van der Waals surface area contributed by atoms with Gasteiger partial charge in [0.1, 0.15) is 11.2 Å². The minimum atomic E-state index is 0.674. The monoisotopic (exact) mass is 395 g/mol. The van der Waals surface area contributed by atoms with E-state index in [-0.39, 0.29) is 0 Å². The smallest absolute Gasteiger partial charge is 0.143 e. The van der Waals surface area contributed by atoms with Gasteiger partial charge in [-0.25, -0.2) is 0 Å². The molecule has 0 atom stereocenters. The highest BCUT2D eigenvalue weighted by Gasteiger charge is 2.14. The lowest BCUT2D eigenvalue weighted by Crippen LogP contribution is -1.84. The first-order valence-corrected chi connectivity index (χ1v) is 10.3. The van der Waals surface area contributed by atoms with Crippen LogP contribution in [0.5, 0.6) is 0 Å². The molecule has 1 aromatic heterocycles. The molecule has 0 saturated heterocycles. The molecule has 0 fully saturated rings. The SMILES string of the molecule is N#Cc1ccc(-c2ccc(-c3cc4c5ccccc5oc4c4ccccc34)cc2)cc1. The van der Waals surface area contributed by atoms with Crippen LogP contribution in [-0.2, 0) is 0 Å². The number of nitrogens with zero attached hydrogens (tertiary/aromatic N) is 1. The fourth-order valence-corrected chi connectivity index (χ4v) is 4.37. The fourth-order valence-electron chi connectivity index (χ4n) is 4.37. The molecule has 0 spiro atoms. The van der Waals surface area contributed by atoms with Crippen LogP contribution >= 0.6 is 0 Å². The number of para-hydroxylation sites is 1. The van der Waals surface area contributed by atoms with Crippen LogP contribution in [0.2, 0.25) is 0 Å². The van der Waals surface area contributed by atoms with Crippen molar-refractivity contribution in [2.75, 3.05) is 0 Å². The number of benzene rings is 5. The van der Waals surface area contributed by atoms with Gasteiger partial charge < -0.3 is 4.42 Å². The average molecular weight is 395 g/mol. The molecular weight excluding hydrogens is 378 g/mol. The van der Waals surface area contributed by atoms with Crippen LogP contribution in [0, 0.1) is 11.3 Å². The molecule has 0 bridgehead atoms. The Hall–Kier alpha value is -4.35. The van der Waals surface area contributed by atoms with E-state index in [1.54, 1.807) is 0 Å². The molecule has 6 aromatic rings. The molecule has 0 saturated carbocycles. The highest BCUT2D eigenvalue weighted by molar-refractivity contribution is 6.19. The Morgan fingerprint density at radius 2 is 1.13 bits per heavy atom. The molecule has 0 aliphatic rings. The number of fused-ring (bicyclic) bond motifs is 5. The van der Waals surface area contributed by atoms with Crippen LogP contribution in [0.25, 0.3) is 55.0 Å². The van der Waals surface area contributed by atoms with Gasteiger partial charge in [0.15, 0.2) is 0 Å². The second-order valence-electron chi connectivity index (χ2n) is 7.71. The molecule has 0 unspecified atom stereocenters. The zero-order valence-corrected chi connectivity index (χ0v) is 16.7. The fraction of sp³-hybridized carbons (Fsp3) is 0. The van der Waals surface area contributed by atoms with Gasteiger partial charge in [0.25, 0.3) is 0 Å². The van der Waals surface area contributed by atoms with Crippen LogP contribution < -0.4 is 0 Å². The number of hydrogen-bond donors (Lipinski definition) is 0. The van der Waals surface area contributed by atoms with Gasteiger partial charge in [0.2, 0.25) is 0 Å². The predicted molar refractivity (Wildman–Crippen MR) is 127 cm³/mol. The van der Waals surface area contributed by atoms with Crippen LogP contribution in [-0.4, -0.2) is 0 Å². The van der Waals surface area contributed by atoms with E-state index in [9.17, 15) is 0 Å². The van der Waals surface area contributed by atoms with Crippen LogP contribution in [0.1, 0.15) is 5.56 Å². The number of nitriles is 1. The first-order valence-electron chi connectivity index (χ1n) is 10.3. The third-order valence-electron chi connectivity index (χ3n) is 5.93. The maximum atomic E-state index is 9.02. The lowest BCUT2D eigenvalue weighted by molar-refractivity contribution is 0.672. The van der Waals surface area contributed by atoms with Gasteiger partial charge in [0.05, 0.1) is 11.6 Å². The van der Waals surface area contributed by atoms with Crippen LogP contribution in [0.3, 0.4) is 0 Å². The molecule has 0 amide bonds. The van der Waals surface area contributed by atoms with Gasteiger partial charge in [-0.05, 0) is 51.9 Å². The van der Waals surface area contributed by atoms with Crippen LogP contribution in [0.4, 0.5) is 0 Å². The van der Waals surface area contributed by atoms with E-state index in [2.05, 4.69) is 72.8 Å². The highest BCUT2D eigenvalue weighted by atomic mass is 16.3. The third-order valence-corrected chi connectivity index (χ3v) is 5.93. The molecule has 0 aliphatic heterocycles. The van der Waals surface area contributed by atoms with E-state index in [0.717, 1.165) is 38.5 Å². The summed E-state index contributed by atoms with van der Waals surface area (Å²) in [7, 11) is 0. The van der Waals surface area contributed by atoms with Crippen molar-refractivity contribution in [3.05, 3.63) is 109 Å². The maximum absolute atomic E-state index is 9.02. The number of rotatable bonds is 2. The largest absolute Gasteiger partial charge is 0.455 e. The summed E-state index contributed by atoms with van der Waals surface area (Å²) in [5.74, 6) is 0. The standard InChI is InChI=1S/C29H17NO/c30-18-19-9-11-20(12-10-19)21-13-15-22(16-14-21)26-17-27-24-6-3-4-8-28(24)31-29(27)25-7-2-1-5-23(25)26/h1-17H. The summed E-state index contributed by atoms with van der Waals surface area (Å²) in [5.41, 5.74) is 7.12. The number of hydrogen-bond acceptors (Lipinski definition) is 2. The van der Waals surface area contributed by atoms with Gasteiger partial charge in [0, 0.05) is 16.2 Å². The van der Waals surface area contributed by atoms with Crippen molar-refractivity contribution in [3.8, 4) is 28.3 Å². The van der Waals surface area contributed by atoms with Gasteiger partial charge >= 0.3 is 0 Å². The van der Waals surface area contributed by atoms with E-state index >= 15 is 0 Å². The van der Waals surface area contributed by atoms with Crippen molar-refractivity contribution < 1.29 is 4.42 Å². The summed E-state index contributed by atoms with van der Waals surface area (Å²) in [6, 6.07) is 37.4. The molecule has 144 valence electrons. The summed E-state index contributed by atoms with van der Waals surface area (Å²) >= 11 is 0. The molecule has 5 aromatic carbocycles. The van der Waals surface area contributed by atoms with Crippen molar-refractivity contribution in [2.45, 2.75) is 0 Å². The van der Waals surface area contributed by atoms with Crippen molar-refractivity contribution in [1.29, 1.82) is 5.26 Å². The Balaban J connectivity index is 1.54. The van der Waals surface area contributed by atoms with Gasteiger partial charge in [-0.2, -0.15) is 5.26 Å². The molecule has 1 heterocycles. The van der Waals surface area contributed by atoms with Gasteiger partial charge in [-0.3, -0.25) is 0 Å². The first kappa shape index (κ1) is 17.5. The molecule has 0 N–H and O–H groups in total. The maximum Gasteiger partial charge on any atom is 0.143 e. The van der Waals surface area contributed by atoms with Gasteiger partial charge in [-0.1, -0.05) is 78.9 Å². The number of furan rings is 1. The molecule has 31 heavy (non-hydrogen) atoms. The van der Waals surface area contributed by atoms with E-state index in [1.807, 2.05) is 36.4 Å². The minimum absolute atomic E-state index is 0.674. The lowest BCUT2D eigenvalue weighted by Gasteiger charge is -2.09. The third kappa shape index (κ3) is 2.79. The van der Waals surface area contributed by atoms with E-state index in [0.29, 0.717) is 5.56 Å². The zero-order chi connectivity index (χ0) is 20.8. The minimum Gasteiger partial charge on any atom is -0.455 e. The molecule has 0 aliphatic carbocycles. The van der Waals surface area contributed by atoms with Crippen LogP contribution in [0.15, 0.2) is 108 Å². The molecule has 2 heteroatoms. The molecule has 6 rings (SSSR count). The van der Waals surface area contributed by atoms with Crippen molar-refractivity contribution in [1.82, 2.24) is 0 Å². The Morgan fingerprint density at radius 3 is 1.84 bits per heavy atom. The topological polar surface area (TPSA) is 36.9 Å². The summed E-state index contributed by atoms with van der Waals surface area (Å²) < 4.78 is 6.23. The average Bonchev–Trinajstić information content (AvgIpc) is 3.23. The quantitative estimate of drug-likeness (QED) is 0.298. The second-order valence-corrected chi connectivity index (χ2v) is 7.71. The van der Waals surface area contributed by atoms with Gasteiger partial charge in [-0.15, -0.1) is 0 Å². The second kappa shape index (κ2) is 6.86. The van der Waals surface area contributed by atoms with E-state index in [4.69, 9.17) is 9.68 Å². The van der Waals surface area contributed by atoms with E-state index < -0.39 is 0 Å². The van der Waals surface area contributed by atoms with E-state index in [1.165, 1.54) is 16.5 Å². The van der Waals surface area contributed by atoms with Crippen molar-refractivity contribution in [3.63, 3.8) is 0 Å². The summed E-state index contributed by atoms with van der Waals surface area (Å²) in [6.45, 7) is 0. The lowest BCUT2D eigenvalue weighted by atomic mass is 9.94. The molecular formula is C29H17NO. The Bertz CT molecular complexity index is 1610. The summed E-state index contributed by atoms with van der Waals surface area (Å²) in [6.07, 6.45) is 0. The Labute approximate surface area is 179 Å². The normalized spacial score (nSPS) is 11.2.